The van der Waals surface area contributed by atoms with Crippen molar-refractivity contribution in [2.75, 3.05) is 20.8 Å². The van der Waals surface area contributed by atoms with Crippen molar-refractivity contribution >= 4 is 21.9 Å². The number of sulfonamides is 1. The first-order chi connectivity index (χ1) is 11.5. The molecule has 1 N–H and O–H groups in total. The fourth-order valence-electron chi connectivity index (χ4n) is 1.75. The van der Waals surface area contributed by atoms with Crippen LogP contribution in [0.1, 0.15) is 37.6 Å². The predicted molar refractivity (Wildman–Crippen MR) is 91.2 cm³/mol. The van der Waals surface area contributed by atoms with Gasteiger partial charge < -0.3 is 10.1 Å². The number of benzene rings is 1. The first-order valence-electron chi connectivity index (χ1n) is 7.64. The van der Waals surface area contributed by atoms with E-state index in [9.17, 15) is 18.0 Å². The van der Waals surface area contributed by atoms with Crippen molar-refractivity contribution in [3.8, 4) is 0 Å². The fourth-order valence-corrected chi connectivity index (χ4v) is 2.77. The van der Waals surface area contributed by atoms with Crippen LogP contribution in [0.25, 0.3) is 0 Å². The maximum absolute atomic E-state index is 12.2. The summed E-state index contributed by atoms with van der Waals surface area (Å²) in [7, 11) is -1.43. The van der Waals surface area contributed by atoms with Gasteiger partial charge in [0.1, 0.15) is 0 Å². The van der Waals surface area contributed by atoms with Gasteiger partial charge in [-0.25, -0.2) is 13.2 Å². The lowest BCUT2D eigenvalue weighted by molar-refractivity contribution is -0.125. The van der Waals surface area contributed by atoms with Gasteiger partial charge in [0, 0.05) is 12.6 Å². The summed E-state index contributed by atoms with van der Waals surface area (Å²) in [5, 5.41) is 2.74. The summed E-state index contributed by atoms with van der Waals surface area (Å²) in [5.41, 5.74) is -0.379. The average molecular weight is 372 g/mol. The van der Waals surface area contributed by atoms with E-state index < -0.39 is 34.0 Å². The molecule has 0 atom stereocenters. The van der Waals surface area contributed by atoms with Crippen LogP contribution in [0.5, 0.6) is 0 Å². The van der Waals surface area contributed by atoms with E-state index in [1.807, 2.05) is 20.8 Å². The average Bonchev–Trinajstić information content (AvgIpc) is 2.58. The van der Waals surface area contributed by atoms with Gasteiger partial charge in [-0.15, -0.1) is 0 Å². The second kappa shape index (κ2) is 8.41. The molecule has 0 aliphatic carbocycles. The van der Waals surface area contributed by atoms with Crippen LogP contribution < -0.4 is 5.32 Å². The highest BCUT2D eigenvalue weighted by atomic mass is 32.2. The van der Waals surface area contributed by atoms with E-state index in [1.165, 1.54) is 38.4 Å². The molecule has 0 saturated carbocycles. The van der Waals surface area contributed by atoms with E-state index >= 15 is 0 Å². The van der Waals surface area contributed by atoms with Gasteiger partial charge in [-0.1, -0.05) is 17.5 Å². The first kappa shape index (κ1) is 21.1. The van der Waals surface area contributed by atoms with E-state index in [-0.39, 0.29) is 10.5 Å². The summed E-state index contributed by atoms with van der Waals surface area (Å²) in [6, 6.07) is 5.31. The highest BCUT2D eigenvalue weighted by Crippen LogP contribution is 2.16. The molecule has 25 heavy (non-hydrogen) atoms. The van der Waals surface area contributed by atoms with Gasteiger partial charge in [0.25, 0.3) is 15.9 Å². The molecular formula is C16H24N2O6S. The molecule has 0 bridgehead atoms. The van der Waals surface area contributed by atoms with Gasteiger partial charge in [-0.3, -0.25) is 9.63 Å². The molecule has 0 saturated heterocycles. The van der Waals surface area contributed by atoms with Gasteiger partial charge in [0.2, 0.25) is 0 Å². The second-order valence-electron chi connectivity index (χ2n) is 5.99. The van der Waals surface area contributed by atoms with Crippen LogP contribution in [-0.2, 0) is 24.4 Å². The van der Waals surface area contributed by atoms with Crippen LogP contribution in [0.2, 0.25) is 0 Å². The number of esters is 1. The molecule has 1 rings (SSSR count). The minimum absolute atomic E-state index is 0.0214. The number of carbonyl (C=O) groups is 2. The smallest absolute Gasteiger partial charge is 0.338 e. The summed E-state index contributed by atoms with van der Waals surface area (Å²) < 4.78 is 30.0. The van der Waals surface area contributed by atoms with E-state index in [2.05, 4.69) is 10.2 Å². The number of hydrogen-bond donors (Lipinski definition) is 1. The zero-order chi connectivity index (χ0) is 19.3. The lowest BCUT2D eigenvalue weighted by Gasteiger charge is -2.24. The molecule has 9 heteroatoms. The third kappa shape index (κ3) is 5.80. The molecule has 1 aromatic rings. The predicted octanol–water partition coefficient (Wildman–Crippen LogP) is 1.33. The van der Waals surface area contributed by atoms with E-state index in [0.29, 0.717) is 4.47 Å². The minimum atomic E-state index is -3.88. The van der Waals surface area contributed by atoms with Gasteiger partial charge >= 0.3 is 5.97 Å². The Bertz CT molecular complexity index is 730. The van der Waals surface area contributed by atoms with Crippen LogP contribution in [0, 0.1) is 0 Å². The number of nitrogens with one attached hydrogen (secondary N) is 1. The van der Waals surface area contributed by atoms with E-state index in [1.54, 1.807) is 0 Å². The normalized spacial score (nSPS) is 12.1. The fraction of sp³-hybridized carbons (Fsp3) is 0.500. The van der Waals surface area contributed by atoms with Crippen LogP contribution in [0.15, 0.2) is 29.2 Å². The number of hydroxylamine groups is 1. The molecule has 8 nitrogen and oxygen atoms in total. The molecule has 0 heterocycles. The molecule has 1 amide bonds. The topological polar surface area (TPSA) is 102 Å². The lowest BCUT2D eigenvalue weighted by Crippen LogP contribution is -2.44. The Labute approximate surface area is 148 Å². The van der Waals surface area contributed by atoms with Crippen LogP contribution >= 0.6 is 0 Å². The van der Waals surface area contributed by atoms with Crippen LogP contribution in [0.4, 0.5) is 0 Å². The van der Waals surface area contributed by atoms with E-state index in [4.69, 9.17) is 4.74 Å². The number of rotatable bonds is 8. The monoisotopic (exact) mass is 372 g/mol. The highest BCUT2D eigenvalue weighted by Gasteiger charge is 2.23. The third-order valence-electron chi connectivity index (χ3n) is 3.66. The van der Waals surface area contributed by atoms with Crippen molar-refractivity contribution in [2.45, 2.75) is 37.6 Å². The van der Waals surface area contributed by atoms with Crippen molar-refractivity contribution in [1.29, 1.82) is 0 Å². The zero-order valence-corrected chi connectivity index (χ0v) is 15.8. The summed E-state index contributed by atoms with van der Waals surface area (Å²) in [4.78, 5) is 28.4. The largest absolute Gasteiger partial charge is 0.452 e. The van der Waals surface area contributed by atoms with Crippen molar-refractivity contribution in [2.24, 2.45) is 0 Å². The Balaban J connectivity index is 2.81. The highest BCUT2D eigenvalue weighted by molar-refractivity contribution is 7.89. The Morgan fingerprint density at radius 2 is 1.92 bits per heavy atom. The molecule has 0 aromatic heterocycles. The molecule has 0 unspecified atom stereocenters. The van der Waals surface area contributed by atoms with Crippen molar-refractivity contribution < 1.29 is 27.6 Å². The van der Waals surface area contributed by atoms with Crippen molar-refractivity contribution in [3.05, 3.63) is 29.8 Å². The number of carbonyl (C=O) groups excluding carboxylic acids is 2. The quantitative estimate of drug-likeness (QED) is 0.546. The van der Waals surface area contributed by atoms with Crippen molar-refractivity contribution in [1.82, 2.24) is 9.79 Å². The maximum Gasteiger partial charge on any atom is 0.338 e. The number of amides is 1. The second-order valence-corrected chi connectivity index (χ2v) is 7.92. The number of nitrogens with zero attached hydrogens (tertiary/aromatic N) is 1. The summed E-state index contributed by atoms with van der Waals surface area (Å²) in [5.74, 6) is -1.22. The molecular weight excluding hydrogens is 348 g/mol. The molecule has 0 aliphatic rings. The number of hydrogen-bond acceptors (Lipinski definition) is 6. The standard InChI is InChI=1S/C16H24N2O6S/c1-6-16(2,3)17-14(19)11-24-15(20)12-8-7-9-13(10-12)25(21,22)18(4)23-5/h7-10H,6,11H2,1-5H3,(H,17,19). The third-order valence-corrected chi connectivity index (χ3v) is 5.33. The maximum atomic E-state index is 12.2. The van der Waals surface area contributed by atoms with E-state index in [0.717, 1.165) is 6.42 Å². The Morgan fingerprint density at radius 3 is 2.48 bits per heavy atom. The lowest BCUT2D eigenvalue weighted by atomic mass is 10.0. The molecule has 0 spiro atoms. The molecule has 1 aromatic carbocycles. The SMILES string of the molecule is CCC(C)(C)NC(=O)COC(=O)c1cccc(S(=O)(=O)N(C)OC)c1. The minimum Gasteiger partial charge on any atom is -0.452 e. The van der Waals surface area contributed by atoms with Gasteiger partial charge in [0.05, 0.1) is 17.6 Å². The summed E-state index contributed by atoms with van der Waals surface area (Å²) in [6.07, 6.45) is 0.722. The summed E-state index contributed by atoms with van der Waals surface area (Å²) in [6.45, 7) is 5.19. The molecule has 0 fully saturated rings. The van der Waals surface area contributed by atoms with Crippen LogP contribution in [0.3, 0.4) is 0 Å². The number of ether oxygens (including phenoxy) is 1. The first-order valence-corrected chi connectivity index (χ1v) is 9.08. The van der Waals surface area contributed by atoms with Crippen molar-refractivity contribution in [3.63, 3.8) is 0 Å². The zero-order valence-electron chi connectivity index (χ0n) is 15.0. The Morgan fingerprint density at radius 1 is 1.28 bits per heavy atom. The molecule has 0 radical (unpaired) electrons. The Hall–Kier alpha value is -1.97. The Kier molecular flexibility index (Phi) is 7.09. The molecule has 140 valence electrons. The van der Waals surface area contributed by atoms with Crippen LogP contribution in [-0.4, -0.2) is 51.1 Å². The molecule has 0 aliphatic heterocycles. The van der Waals surface area contributed by atoms with Gasteiger partial charge in [-0.05, 0) is 38.5 Å². The summed E-state index contributed by atoms with van der Waals surface area (Å²) >= 11 is 0. The van der Waals surface area contributed by atoms with Gasteiger partial charge in [0.15, 0.2) is 6.61 Å². The van der Waals surface area contributed by atoms with Gasteiger partial charge in [-0.2, -0.15) is 0 Å².